The highest BCUT2D eigenvalue weighted by Gasteiger charge is 2.12. The molecule has 0 bridgehead atoms. The highest BCUT2D eigenvalue weighted by Crippen LogP contribution is 2.21. The molecule has 4 N–H and O–H groups in total. The first-order valence-corrected chi connectivity index (χ1v) is 6.44. The normalized spacial score (nSPS) is 12.2. The van der Waals surface area contributed by atoms with Crippen LogP contribution in [0.2, 0.25) is 5.02 Å². The highest BCUT2D eigenvalue weighted by atomic mass is 35.5. The van der Waals surface area contributed by atoms with E-state index in [0.29, 0.717) is 18.8 Å². The number of nitrogens with one attached hydrogen (secondary N) is 1. The number of anilines is 1. The van der Waals surface area contributed by atoms with Crippen LogP contribution in [0.3, 0.4) is 0 Å². The lowest BCUT2D eigenvalue weighted by Gasteiger charge is -2.19. The van der Waals surface area contributed by atoms with Crippen LogP contribution in [0.15, 0.2) is 18.2 Å². The molecule has 0 saturated heterocycles. The van der Waals surface area contributed by atoms with E-state index >= 15 is 0 Å². The van der Waals surface area contributed by atoms with Crippen molar-refractivity contribution < 1.29 is 14.6 Å². The molecule has 0 aliphatic rings. The lowest BCUT2D eigenvalue weighted by Crippen LogP contribution is -2.26. The molecule has 1 aromatic rings. The summed E-state index contributed by atoms with van der Waals surface area (Å²) in [5, 5.41) is 12.5. The molecule has 0 aliphatic carbocycles. The minimum absolute atomic E-state index is 0.0849. The molecule has 5 nitrogen and oxygen atoms in total. The number of methoxy groups -OCH3 is 1. The first kappa shape index (κ1) is 15.8. The van der Waals surface area contributed by atoms with Crippen molar-refractivity contribution in [2.45, 2.75) is 18.9 Å². The molecule has 19 heavy (non-hydrogen) atoms. The molecule has 0 heterocycles. The molecular weight excluding hydrogens is 268 g/mol. The van der Waals surface area contributed by atoms with E-state index in [1.165, 1.54) is 6.07 Å². The van der Waals surface area contributed by atoms with Crippen molar-refractivity contribution in [2.24, 2.45) is 5.73 Å². The predicted molar refractivity (Wildman–Crippen MR) is 76.0 cm³/mol. The maximum atomic E-state index is 11.0. The van der Waals surface area contributed by atoms with Gasteiger partial charge in [0.15, 0.2) is 0 Å². The Labute approximate surface area is 117 Å². The zero-order chi connectivity index (χ0) is 14.3. The molecule has 1 rings (SSSR count). The zero-order valence-electron chi connectivity index (χ0n) is 10.9. The van der Waals surface area contributed by atoms with Crippen LogP contribution in [-0.4, -0.2) is 37.4 Å². The molecule has 106 valence electrons. The van der Waals surface area contributed by atoms with Gasteiger partial charge in [0.05, 0.1) is 17.2 Å². The average Bonchev–Trinajstić information content (AvgIpc) is 2.38. The van der Waals surface area contributed by atoms with Gasteiger partial charge in [-0.05, 0) is 37.6 Å². The highest BCUT2D eigenvalue weighted by molar-refractivity contribution is 6.33. The number of carbonyl (C=O) groups is 1. The Kier molecular flexibility index (Phi) is 6.62. The van der Waals surface area contributed by atoms with Crippen molar-refractivity contribution in [3.05, 3.63) is 28.8 Å². The monoisotopic (exact) mass is 286 g/mol. The third-order valence-electron chi connectivity index (χ3n) is 2.69. The van der Waals surface area contributed by atoms with Crippen LogP contribution in [0.5, 0.6) is 0 Å². The summed E-state index contributed by atoms with van der Waals surface area (Å²) < 4.78 is 5.13. The lowest BCUT2D eigenvalue weighted by atomic mass is 10.1. The fourth-order valence-corrected chi connectivity index (χ4v) is 1.98. The molecule has 1 aromatic carbocycles. The second-order valence-electron chi connectivity index (χ2n) is 4.23. The molecule has 6 heteroatoms. The lowest BCUT2D eigenvalue weighted by molar-refractivity contribution is 0.0697. The van der Waals surface area contributed by atoms with Crippen molar-refractivity contribution in [3.8, 4) is 0 Å². The number of nitrogens with two attached hydrogens (primary N) is 1. The van der Waals surface area contributed by atoms with E-state index in [1.54, 1.807) is 19.2 Å². The van der Waals surface area contributed by atoms with Gasteiger partial charge in [-0.25, -0.2) is 4.79 Å². The summed E-state index contributed by atoms with van der Waals surface area (Å²) >= 11 is 5.82. The van der Waals surface area contributed by atoms with Crippen LogP contribution in [0.25, 0.3) is 0 Å². The third-order valence-corrected chi connectivity index (χ3v) is 3.02. The second-order valence-corrected chi connectivity index (χ2v) is 4.63. The Morgan fingerprint density at radius 2 is 2.32 bits per heavy atom. The number of hydrogen-bond acceptors (Lipinski definition) is 4. The van der Waals surface area contributed by atoms with Gasteiger partial charge >= 0.3 is 5.97 Å². The van der Waals surface area contributed by atoms with Crippen LogP contribution in [-0.2, 0) is 4.74 Å². The van der Waals surface area contributed by atoms with E-state index in [-0.39, 0.29) is 16.6 Å². The molecule has 1 unspecified atom stereocenters. The van der Waals surface area contributed by atoms with E-state index in [2.05, 4.69) is 5.32 Å². The molecule has 0 fully saturated rings. The molecule has 0 spiro atoms. The minimum atomic E-state index is -1.04. The summed E-state index contributed by atoms with van der Waals surface area (Å²) in [6, 6.07) is 4.94. The van der Waals surface area contributed by atoms with E-state index in [1.807, 2.05) is 0 Å². The molecule has 0 aromatic heterocycles. The smallest absolute Gasteiger partial charge is 0.337 e. The van der Waals surface area contributed by atoms with Gasteiger partial charge in [0.2, 0.25) is 0 Å². The quantitative estimate of drug-likeness (QED) is 0.682. The molecule has 0 aliphatic heterocycles. The van der Waals surface area contributed by atoms with E-state index < -0.39 is 5.97 Å². The molecule has 0 saturated carbocycles. The summed E-state index contributed by atoms with van der Waals surface area (Å²) in [5.41, 5.74) is 6.28. The van der Waals surface area contributed by atoms with Gasteiger partial charge < -0.3 is 20.9 Å². The van der Waals surface area contributed by atoms with Gasteiger partial charge in [-0.1, -0.05) is 11.6 Å². The van der Waals surface area contributed by atoms with Crippen molar-refractivity contribution in [1.82, 2.24) is 0 Å². The summed E-state index contributed by atoms with van der Waals surface area (Å²) in [6.07, 6.45) is 1.73. The number of benzene rings is 1. The maximum absolute atomic E-state index is 11.0. The van der Waals surface area contributed by atoms with Crippen LogP contribution in [0.4, 0.5) is 5.69 Å². The molecule has 0 amide bonds. The van der Waals surface area contributed by atoms with Crippen molar-refractivity contribution in [2.75, 3.05) is 25.6 Å². The van der Waals surface area contributed by atoms with Gasteiger partial charge in [0, 0.05) is 18.8 Å². The van der Waals surface area contributed by atoms with E-state index in [0.717, 1.165) is 12.8 Å². The Bertz CT molecular complexity index is 426. The van der Waals surface area contributed by atoms with Crippen LogP contribution < -0.4 is 11.1 Å². The minimum Gasteiger partial charge on any atom is -0.478 e. The second kappa shape index (κ2) is 7.99. The van der Waals surface area contributed by atoms with E-state index in [4.69, 9.17) is 27.2 Å². The summed E-state index contributed by atoms with van der Waals surface area (Å²) in [7, 11) is 1.63. The van der Waals surface area contributed by atoms with Crippen molar-refractivity contribution >= 4 is 23.3 Å². The van der Waals surface area contributed by atoms with Crippen molar-refractivity contribution in [3.63, 3.8) is 0 Å². The van der Waals surface area contributed by atoms with Gasteiger partial charge in [0.25, 0.3) is 0 Å². The Hall–Kier alpha value is -1.30. The number of aromatic carboxylic acids is 1. The van der Waals surface area contributed by atoms with Gasteiger partial charge in [-0.3, -0.25) is 0 Å². The standard InChI is InChI=1S/C13H19ClN2O3/c1-19-8-10(3-2-6-15)16-9-4-5-12(14)11(7-9)13(17)18/h4-5,7,10,16H,2-3,6,8,15H2,1H3,(H,17,18). The maximum Gasteiger partial charge on any atom is 0.337 e. The van der Waals surface area contributed by atoms with Gasteiger partial charge in [0.1, 0.15) is 0 Å². The van der Waals surface area contributed by atoms with Crippen LogP contribution >= 0.6 is 11.6 Å². The molecular formula is C13H19ClN2O3. The topological polar surface area (TPSA) is 84.6 Å². The van der Waals surface area contributed by atoms with Crippen molar-refractivity contribution in [1.29, 1.82) is 0 Å². The Balaban J connectivity index is 2.78. The average molecular weight is 287 g/mol. The predicted octanol–water partition coefficient (Wildman–Crippen LogP) is 2.20. The van der Waals surface area contributed by atoms with Crippen LogP contribution in [0, 0.1) is 0 Å². The largest absolute Gasteiger partial charge is 0.478 e. The number of rotatable bonds is 8. The van der Waals surface area contributed by atoms with Crippen LogP contribution in [0.1, 0.15) is 23.2 Å². The Morgan fingerprint density at radius 1 is 1.58 bits per heavy atom. The van der Waals surface area contributed by atoms with Gasteiger partial charge in [-0.15, -0.1) is 0 Å². The number of ether oxygens (including phenoxy) is 1. The third kappa shape index (κ3) is 5.06. The number of carboxylic acids is 1. The fraction of sp³-hybridized carbons (Fsp3) is 0.462. The fourth-order valence-electron chi connectivity index (χ4n) is 1.78. The zero-order valence-corrected chi connectivity index (χ0v) is 11.6. The molecule has 0 radical (unpaired) electrons. The number of halogens is 1. The summed E-state index contributed by atoms with van der Waals surface area (Å²) in [6.45, 7) is 1.15. The van der Waals surface area contributed by atoms with Gasteiger partial charge in [-0.2, -0.15) is 0 Å². The first-order valence-electron chi connectivity index (χ1n) is 6.07. The summed E-state index contributed by atoms with van der Waals surface area (Å²) in [5.74, 6) is -1.04. The number of hydrogen-bond donors (Lipinski definition) is 3. The first-order chi connectivity index (χ1) is 9.08. The van der Waals surface area contributed by atoms with E-state index in [9.17, 15) is 4.79 Å². The summed E-state index contributed by atoms with van der Waals surface area (Å²) in [4.78, 5) is 11.0. The Morgan fingerprint density at radius 3 is 2.89 bits per heavy atom. The SMILES string of the molecule is COCC(CCCN)Nc1ccc(Cl)c(C(=O)O)c1. The molecule has 1 atom stereocenters. The number of carboxylic acid groups (broad SMARTS) is 1.